The zero-order chi connectivity index (χ0) is 43.6. The average Bonchev–Trinajstić information content (AvgIpc) is 3.21. The molecule has 27 nitrogen and oxygen atoms in total. The maximum Gasteiger partial charge on any atom is 0.217 e. The number of ether oxygens (including phenoxy) is 9. The van der Waals surface area contributed by atoms with Crippen molar-refractivity contribution in [3.63, 3.8) is 0 Å². The molecule has 0 aliphatic carbocycles. The summed E-state index contributed by atoms with van der Waals surface area (Å²) in [7, 11) is 0. The first-order valence-corrected chi connectivity index (χ1v) is 18.6. The number of aliphatic hydroxyl groups excluding tert-OH is 16. The number of nitrogens with one attached hydrogen (secondary N) is 1. The maximum atomic E-state index is 11.7. The fraction of sp³-hybridized carbons (Fsp3) is 0.969. The maximum absolute atomic E-state index is 11.7. The molecule has 0 aromatic rings. The molecule has 0 saturated carbocycles. The van der Waals surface area contributed by atoms with Crippen molar-refractivity contribution in [3.05, 3.63) is 0 Å². The van der Waals surface area contributed by atoms with E-state index in [0.29, 0.717) is 0 Å². The number of carbonyl (C=O) groups is 1. The van der Waals surface area contributed by atoms with Crippen LogP contribution in [0.25, 0.3) is 0 Å². The Kier molecular flexibility index (Phi) is 17.1. The Hall–Kier alpha value is -1.53. The second kappa shape index (κ2) is 20.8. The first kappa shape index (κ1) is 48.5. The highest BCUT2D eigenvalue weighted by atomic mass is 16.8. The largest absolute Gasteiger partial charge is 0.394 e. The van der Waals surface area contributed by atoms with E-state index >= 15 is 0 Å². The molecule has 17 N–H and O–H groups in total. The van der Waals surface area contributed by atoms with Crippen molar-refractivity contribution in [1.29, 1.82) is 0 Å². The number of aliphatic hydroxyl groups is 16. The summed E-state index contributed by atoms with van der Waals surface area (Å²) in [6.07, 6.45) is -45.7. The predicted octanol–water partition coefficient (Wildman–Crippen LogP) is -11.8. The molecule has 0 unspecified atom stereocenters. The van der Waals surface area contributed by atoms with Gasteiger partial charge in [-0.2, -0.15) is 0 Å². The van der Waals surface area contributed by atoms with E-state index in [-0.39, 0.29) is 0 Å². The van der Waals surface area contributed by atoms with Gasteiger partial charge in [-0.15, -0.1) is 0 Å². The first-order chi connectivity index (χ1) is 27.9. The monoisotopic (exact) mass is 869 g/mol. The molecule has 1 amide bonds. The van der Waals surface area contributed by atoms with Crippen LogP contribution in [0.2, 0.25) is 0 Å². The summed E-state index contributed by atoms with van der Waals surface area (Å²) in [5, 5.41) is 171. The molecule has 5 aliphatic rings. The highest BCUT2D eigenvalue weighted by molar-refractivity contribution is 5.73. The third-order valence-corrected chi connectivity index (χ3v) is 10.7. The standard InChI is InChI=1S/C32H55NO26/c1-7(39)33-13-18(44)24(12(6-38)51-28(13)50)56-30-23(49)25(17(43)11(5-37)53-30)57-31-27(21(47)16(42)9(3-35)54-31)59-32-26(20(46)15(41)10(4-36)55-32)58-29-22(48)19(45)14(40)8(2-34)52-29/h8-32,34-38,40-50H,2-6H2,1H3,(H,33,39)/t8-,9-,10-,11-,12-,13-,14-,15-,16-,17-,18-,19+,20+,21+,22+,23+,24-,25+,26+,27+,28+,29-,30+,31-,32-/m1/s1. The van der Waals surface area contributed by atoms with Crippen LogP contribution in [-0.4, -0.2) is 274 Å². The average molecular weight is 870 g/mol. The molecule has 27 heteroatoms. The first-order valence-electron chi connectivity index (χ1n) is 18.6. The molecule has 5 heterocycles. The van der Waals surface area contributed by atoms with Gasteiger partial charge < -0.3 is 130 Å². The molecular weight excluding hydrogens is 814 g/mol. The Balaban J connectivity index is 1.42. The quantitative estimate of drug-likeness (QED) is 0.0770. The van der Waals surface area contributed by atoms with Gasteiger partial charge in [0.15, 0.2) is 31.5 Å². The fourth-order valence-electron chi connectivity index (χ4n) is 7.39. The highest BCUT2D eigenvalue weighted by Crippen LogP contribution is 2.36. The second-order valence-corrected chi connectivity index (χ2v) is 14.7. The van der Waals surface area contributed by atoms with Crippen LogP contribution < -0.4 is 5.32 Å². The zero-order valence-corrected chi connectivity index (χ0v) is 31.2. The molecule has 0 aromatic carbocycles. The normalized spacial score (nSPS) is 51.0. The van der Waals surface area contributed by atoms with Crippen LogP contribution in [0.1, 0.15) is 6.92 Å². The molecule has 59 heavy (non-hydrogen) atoms. The van der Waals surface area contributed by atoms with Gasteiger partial charge in [0, 0.05) is 6.92 Å². The Labute approximate surface area is 333 Å². The lowest BCUT2D eigenvalue weighted by atomic mass is 9.95. The number of hydrogen-bond donors (Lipinski definition) is 17. The molecular formula is C32H55NO26. The minimum atomic E-state index is -2.16. The summed E-state index contributed by atoms with van der Waals surface area (Å²) < 4.78 is 50.6. The van der Waals surface area contributed by atoms with Crippen molar-refractivity contribution in [2.24, 2.45) is 0 Å². The van der Waals surface area contributed by atoms with Gasteiger partial charge in [0.05, 0.1) is 33.0 Å². The van der Waals surface area contributed by atoms with Crippen molar-refractivity contribution in [2.45, 2.75) is 160 Å². The Bertz CT molecular complexity index is 1320. The van der Waals surface area contributed by atoms with Crippen LogP contribution in [0.15, 0.2) is 0 Å². The summed E-state index contributed by atoms with van der Waals surface area (Å²) in [4.78, 5) is 11.7. The number of amides is 1. The van der Waals surface area contributed by atoms with Crippen molar-refractivity contribution in [1.82, 2.24) is 5.32 Å². The summed E-state index contributed by atoms with van der Waals surface area (Å²) in [5.41, 5.74) is 0. The number of carbonyl (C=O) groups excluding carboxylic acids is 1. The van der Waals surface area contributed by atoms with Crippen LogP contribution in [0.3, 0.4) is 0 Å². The second-order valence-electron chi connectivity index (χ2n) is 14.7. The van der Waals surface area contributed by atoms with Crippen LogP contribution in [0.5, 0.6) is 0 Å². The van der Waals surface area contributed by atoms with Gasteiger partial charge in [-0.05, 0) is 0 Å². The molecule has 5 saturated heterocycles. The van der Waals surface area contributed by atoms with Gasteiger partial charge in [0.1, 0.15) is 122 Å². The molecule has 344 valence electrons. The lowest BCUT2D eigenvalue weighted by molar-refractivity contribution is -0.406. The molecule has 5 fully saturated rings. The van der Waals surface area contributed by atoms with E-state index in [2.05, 4.69) is 5.32 Å². The molecule has 0 spiro atoms. The van der Waals surface area contributed by atoms with Gasteiger partial charge >= 0.3 is 0 Å². The van der Waals surface area contributed by atoms with Crippen LogP contribution in [0.4, 0.5) is 0 Å². The van der Waals surface area contributed by atoms with E-state index in [0.717, 1.165) is 6.92 Å². The van der Waals surface area contributed by atoms with Gasteiger partial charge in [0.25, 0.3) is 0 Å². The van der Waals surface area contributed by atoms with E-state index in [4.69, 9.17) is 42.6 Å². The molecule has 0 radical (unpaired) electrons. The van der Waals surface area contributed by atoms with Gasteiger partial charge in [0.2, 0.25) is 5.91 Å². The van der Waals surface area contributed by atoms with Crippen molar-refractivity contribution < 1.29 is 129 Å². The number of rotatable bonds is 14. The summed E-state index contributed by atoms with van der Waals surface area (Å²) in [6.45, 7) is -3.61. The van der Waals surface area contributed by atoms with E-state index in [1.807, 2.05) is 0 Å². The molecule has 0 bridgehead atoms. The van der Waals surface area contributed by atoms with E-state index in [9.17, 15) is 86.5 Å². The molecule has 25 atom stereocenters. The van der Waals surface area contributed by atoms with E-state index in [1.54, 1.807) is 0 Å². The zero-order valence-electron chi connectivity index (χ0n) is 31.2. The summed E-state index contributed by atoms with van der Waals surface area (Å²) in [6, 6.07) is -1.52. The molecule has 5 aliphatic heterocycles. The van der Waals surface area contributed by atoms with Crippen LogP contribution >= 0.6 is 0 Å². The summed E-state index contributed by atoms with van der Waals surface area (Å²) in [5.74, 6) is -0.704. The SMILES string of the molecule is CC(=O)N[C@@H]1[C@@H](O)[C@H](O[C@@H]2O[C@H](CO)[C@@H](O)[C@H](O[C@H]3O[C@H](CO)[C@@H](O)[C@H](O)[C@@H]3O[C@H]3O[C@H](CO)[C@@H](O)[C@H](O)[C@@H]3O[C@H]3O[C@H](CO)[C@@H](O)[C@H](O)[C@@H]3O)[C@@H]2O)[C@@H](CO)O[C@@H]1O. The lowest BCUT2D eigenvalue weighted by Gasteiger charge is -2.50. The van der Waals surface area contributed by atoms with Crippen LogP contribution in [-0.2, 0) is 47.4 Å². The fourth-order valence-corrected chi connectivity index (χ4v) is 7.39. The highest BCUT2D eigenvalue weighted by Gasteiger charge is 2.57. The van der Waals surface area contributed by atoms with Crippen molar-refractivity contribution in [2.75, 3.05) is 33.0 Å². The third-order valence-electron chi connectivity index (χ3n) is 10.7. The van der Waals surface area contributed by atoms with Gasteiger partial charge in [-0.3, -0.25) is 4.79 Å². The molecule has 5 rings (SSSR count). The van der Waals surface area contributed by atoms with Crippen molar-refractivity contribution >= 4 is 5.91 Å². The lowest BCUT2D eigenvalue weighted by Crippen LogP contribution is -2.69. The smallest absolute Gasteiger partial charge is 0.217 e. The Morgan fingerprint density at radius 1 is 0.407 bits per heavy atom. The Morgan fingerprint density at radius 3 is 1.24 bits per heavy atom. The number of hydrogen-bond acceptors (Lipinski definition) is 26. The topological polar surface area (TPSA) is 436 Å². The third kappa shape index (κ3) is 10.2. The predicted molar refractivity (Wildman–Crippen MR) is 178 cm³/mol. The minimum Gasteiger partial charge on any atom is -0.394 e. The van der Waals surface area contributed by atoms with Crippen molar-refractivity contribution in [3.8, 4) is 0 Å². The van der Waals surface area contributed by atoms with E-state index < -0.39 is 192 Å². The molecule has 0 aromatic heterocycles. The van der Waals surface area contributed by atoms with Gasteiger partial charge in [-0.1, -0.05) is 0 Å². The Morgan fingerprint density at radius 2 is 0.780 bits per heavy atom. The van der Waals surface area contributed by atoms with Gasteiger partial charge in [-0.25, -0.2) is 0 Å². The van der Waals surface area contributed by atoms with E-state index in [1.165, 1.54) is 0 Å². The summed E-state index contributed by atoms with van der Waals surface area (Å²) >= 11 is 0. The minimum absolute atomic E-state index is 0.704. The van der Waals surface area contributed by atoms with Crippen LogP contribution in [0, 0.1) is 0 Å².